The van der Waals surface area contributed by atoms with Crippen LogP contribution in [0.1, 0.15) is 0 Å². The van der Waals surface area contributed by atoms with Gasteiger partial charge in [0.05, 0.1) is 16.0 Å². The maximum atomic E-state index is 10.7. The Hall–Kier alpha value is -1.82. The first-order valence-electron chi connectivity index (χ1n) is 3.74. The standard InChI is InChI=1S/C8H6N2O3S/c9-4-3-14-6-2-1-5(11)8(7(4)6)10(12)13/h1-3,11H,9H2. The first-order valence-corrected chi connectivity index (χ1v) is 4.62. The highest BCUT2D eigenvalue weighted by Crippen LogP contribution is 2.40. The number of nitrogens with zero attached hydrogens (tertiary/aromatic N) is 1. The molecule has 0 aliphatic rings. The molecule has 1 aromatic heterocycles. The van der Waals surface area contributed by atoms with Crippen molar-refractivity contribution in [3.63, 3.8) is 0 Å². The molecule has 2 aromatic rings. The molecule has 0 aliphatic heterocycles. The maximum Gasteiger partial charge on any atom is 0.321 e. The van der Waals surface area contributed by atoms with Gasteiger partial charge in [-0.15, -0.1) is 11.3 Å². The summed E-state index contributed by atoms with van der Waals surface area (Å²) < 4.78 is 0.701. The van der Waals surface area contributed by atoms with Crippen molar-refractivity contribution in [2.75, 3.05) is 5.73 Å². The molecule has 0 aliphatic carbocycles. The van der Waals surface area contributed by atoms with Gasteiger partial charge in [-0.2, -0.15) is 0 Å². The van der Waals surface area contributed by atoms with Gasteiger partial charge < -0.3 is 10.8 Å². The lowest BCUT2D eigenvalue weighted by molar-refractivity contribution is -0.384. The largest absolute Gasteiger partial charge is 0.502 e. The Kier molecular flexibility index (Phi) is 1.78. The van der Waals surface area contributed by atoms with Gasteiger partial charge in [0.25, 0.3) is 0 Å². The normalized spacial score (nSPS) is 10.6. The van der Waals surface area contributed by atoms with Gasteiger partial charge in [0.2, 0.25) is 0 Å². The third-order valence-corrected chi connectivity index (χ3v) is 2.87. The van der Waals surface area contributed by atoms with Crippen molar-refractivity contribution >= 4 is 32.8 Å². The minimum absolute atomic E-state index is 0.318. The first-order chi connectivity index (χ1) is 6.61. The van der Waals surface area contributed by atoms with Gasteiger partial charge in [-0.05, 0) is 12.1 Å². The summed E-state index contributed by atoms with van der Waals surface area (Å²) in [6.45, 7) is 0. The van der Waals surface area contributed by atoms with E-state index in [-0.39, 0.29) is 11.4 Å². The second kappa shape index (κ2) is 2.85. The summed E-state index contributed by atoms with van der Waals surface area (Å²) in [7, 11) is 0. The molecule has 0 atom stereocenters. The lowest BCUT2D eigenvalue weighted by Gasteiger charge is -1.97. The number of benzene rings is 1. The molecule has 0 unspecified atom stereocenters. The molecule has 0 saturated heterocycles. The number of nitro groups is 1. The second-order valence-corrected chi connectivity index (χ2v) is 3.67. The Labute approximate surface area is 82.5 Å². The summed E-state index contributed by atoms with van der Waals surface area (Å²) in [6.07, 6.45) is 0. The van der Waals surface area contributed by atoms with Crippen molar-refractivity contribution in [1.29, 1.82) is 0 Å². The molecule has 0 amide bonds. The number of phenolic OH excluding ortho intramolecular Hbond substituents is 1. The number of phenols is 1. The number of nitrogens with two attached hydrogens (primary N) is 1. The highest BCUT2D eigenvalue weighted by Gasteiger charge is 2.20. The average Bonchev–Trinajstić information content (AvgIpc) is 2.47. The van der Waals surface area contributed by atoms with Crippen LogP contribution in [0, 0.1) is 10.1 Å². The zero-order chi connectivity index (χ0) is 10.3. The summed E-state index contributed by atoms with van der Waals surface area (Å²) in [5, 5.41) is 22.0. The topological polar surface area (TPSA) is 89.4 Å². The van der Waals surface area contributed by atoms with Crippen LogP contribution in [0.2, 0.25) is 0 Å². The molecule has 0 spiro atoms. The molecular weight excluding hydrogens is 204 g/mol. The SMILES string of the molecule is Nc1csc2ccc(O)c([N+](=O)[O-])c12. The van der Waals surface area contributed by atoms with E-state index >= 15 is 0 Å². The highest BCUT2D eigenvalue weighted by atomic mass is 32.1. The van der Waals surface area contributed by atoms with E-state index in [9.17, 15) is 15.2 Å². The molecule has 0 saturated carbocycles. The number of nitrogen functional groups attached to an aromatic ring is 1. The second-order valence-electron chi connectivity index (χ2n) is 2.75. The van der Waals surface area contributed by atoms with Gasteiger partial charge in [-0.3, -0.25) is 10.1 Å². The molecule has 1 heterocycles. The summed E-state index contributed by atoms with van der Waals surface area (Å²) >= 11 is 1.31. The van der Waals surface area contributed by atoms with Gasteiger partial charge in [0.15, 0.2) is 5.75 Å². The molecule has 14 heavy (non-hydrogen) atoms. The van der Waals surface area contributed by atoms with Crippen LogP contribution in [-0.2, 0) is 0 Å². The van der Waals surface area contributed by atoms with E-state index in [2.05, 4.69) is 0 Å². The van der Waals surface area contributed by atoms with Crippen molar-refractivity contribution in [3.8, 4) is 5.75 Å². The zero-order valence-electron chi connectivity index (χ0n) is 6.93. The monoisotopic (exact) mass is 210 g/mol. The third kappa shape index (κ3) is 1.08. The van der Waals surface area contributed by atoms with E-state index in [1.807, 2.05) is 0 Å². The summed E-state index contributed by atoms with van der Waals surface area (Å²) in [4.78, 5) is 10.1. The number of nitro benzene ring substituents is 1. The van der Waals surface area contributed by atoms with Crippen LogP contribution in [0.5, 0.6) is 5.75 Å². The van der Waals surface area contributed by atoms with Crippen molar-refractivity contribution in [3.05, 3.63) is 27.6 Å². The molecule has 72 valence electrons. The fraction of sp³-hybridized carbons (Fsp3) is 0. The van der Waals surface area contributed by atoms with Crippen LogP contribution in [0.25, 0.3) is 10.1 Å². The van der Waals surface area contributed by atoms with E-state index in [1.165, 1.54) is 17.4 Å². The van der Waals surface area contributed by atoms with Crippen LogP contribution in [0.15, 0.2) is 17.5 Å². The highest BCUT2D eigenvalue weighted by molar-refractivity contribution is 7.17. The van der Waals surface area contributed by atoms with Crippen molar-refractivity contribution in [2.45, 2.75) is 0 Å². The lowest BCUT2D eigenvalue weighted by atomic mass is 10.2. The molecule has 3 N–H and O–H groups in total. The number of hydrogen-bond acceptors (Lipinski definition) is 5. The molecule has 6 heteroatoms. The summed E-state index contributed by atoms with van der Waals surface area (Å²) in [6, 6.07) is 2.91. The number of aromatic hydroxyl groups is 1. The van der Waals surface area contributed by atoms with Crippen LogP contribution < -0.4 is 5.73 Å². The average molecular weight is 210 g/mol. The Morgan fingerprint density at radius 2 is 2.21 bits per heavy atom. The van der Waals surface area contributed by atoms with Crippen LogP contribution in [0.4, 0.5) is 11.4 Å². The summed E-state index contributed by atoms with van der Waals surface area (Å²) in [5.74, 6) is -0.354. The van der Waals surface area contributed by atoms with Gasteiger partial charge in [-0.25, -0.2) is 0 Å². The molecule has 2 rings (SSSR count). The van der Waals surface area contributed by atoms with Crippen molar-refractivity contribution in [1.82, 2.24) is 0 Å². The number of fused-ring (bicyclic) bond motifs is 1. The Bertz CT molecular complexity index is 521. The molecule has 0 radical (unpaired) electrons. The van der Waals surface area contributed by atoms with Crippen LogP contribution >= 0.6 is 11.3 Å². The van der Waals surface area contributed by atoms with Gasteiger partial charge in [0, 0.05) is 10.1 Å². The van der Waals surface area contributed by atoms with Gasteiger partial charge >= 0.3 is 5.69 Å². The van der Waals surface area contributed by atoms with Crippen LogP contribution in [0.3, 0.4) is 0 Å². The summed E-state index contributed by atoms with van der Waals surface area (Å²) in [5.41, 5.74) is 5.59. The molecule has 1 aromatic carbocycles. The Balaban J connectivity index is 2.94. The molecule has 0 fully saturated rings. The predicted octanol–water partition coefficient (Wildman–Crippen LogP) is 2.10. The van der Waals surface area contributed by atoms with Crippen molar-refractivity contribution in [2.24, 2.45) is 0 Å². The number of anilines is 1. The maximum absolute atomic E-state index is 10.7. The number of hydrogen-bond donors (Lipinski definition) is 2. The Morgan fingerprint density at radius 1 is 1.50 bits per heavy atom. The number of thiophene rings is 1. The zero-order valence-corrected chi connectivity index (χ0v) is 7.75. The van der Waals surface area contributed by atoms with E-state index < -0.39 is 4.92 Å². The van der Waals surface area contributed by atoms with Crippen molar-refractivity contribution < 1.29 is 10.0 Å². The molecule has 5 nitrogen and oxygen atoms in total. The third-order valence-electron chi connectivity index (χ3n) is 1.90. The fourth-order valence-corrected chi connectivity index (χ4v) is 2.16. The number of rotatable bonds is 1. The van der Waals surface area contributed by atoms with Gasteiger partial charge in [0.1, 0.15) is 0 Å². The molecular formula is C8H6N2O3S. The van der Waals surface area contributed by atoms with E-state index in [0.29, 0.717) is 15.8 Å². The van der Waals surface area contributed by atoms with E-state index in [1.54, 1.807) is 11.4 Å². The fourth-order valence-electron chi connectivity index (χ4n) is 1.31. The smallest absolute Gasteiger partial charge is 0.321 e. The molecule has 0 bridgehead atoms. The first kappa shape index (κ1) is 8.76. The van der Waals surface area contributed by atoms with Gasteiger partial charge in [-0.1, -0.05) is 0 Å². The van der Waals surface area contributed by atoms with E-state index in [0.717, 1.165) is 0 Å². The minimum Gasteiger partial charge on any atom is -0.502 e. The quantitative estimate of drug-likeness (QED) is 0.557. The van der Waals surface area contributed by atoms with E-state index in [4.69, 9.17) is 5.73 Å². The minimum atomic E-state index is -0.624. The van der Waals surface area contributed by atoms with Crippen LogP contribution in [-0.4, -0.2) is 10.0 Å². The predicted molar refractivity (Wildman–Crippen MR) is 54.6 cm³/mol. The Morgan fingerprint density at radius 3 is 2.86 bits per heavy atom. The lowest BCUT2D eigenvalue weighted by Crippen LogP contribution is -1.91.